The molecule has 0 N–H and O–H groups in total. The summed E-state index contributed by atoms with van der Waals surface area (Å²) in [5.74, 6) is 0. The number of halogens is 1. The molecule has 0 bridgehead atoms. The van der Waals surface area contributed by atoms with Gasteiger partial charge >= 0.3 is 0 Å². The third-order valence-electron chi connectivity index (χ3n) is 2.49. The van der Waals surface area contributed by atoms with Crippen molar-refractivity contribution in [1.82, 2.24) is 14.6 Å². The Hall–Kier alpha value is -1.20. The second-order valence-corrected chi connectivity index (χ2v) is 5.21. The minimum atomic E-state index is 0.940. The zero-order valence-electron chi connectivity index (χ0n) is 8.51. The Labute approximate surface area is 105 Å². The van der Waals surface area contributed by atoms with Gasteiger partial charge in [0.2, 0.25) is 4.96 Å². The summed E-state index contributed by atoms with van der Waals surface area (Å²) in [6.07, 6.45) is 0. The fraction of sp³-hybridized carbons (Fsp3) is 0.0909. The Kier molecular flexibility index (Phi) is 2.29. The van der Waals surface area contributed by atoms with Crippen molar-refractivity contribution in [1.29, 1.82) is 0 Å². The summed E-state index contributed by atoms with van der Waals surface area (Å²) in [4.78, 5) is 5.52. The average Bonchev–Trinajstić information content (AvgIpc) is 2.84. The first-order valence-electron chi connectivity index (χ1n) is 4.80. The minimum Gasteiger partial charge on any atom is -0.217 e. The van der Waals surface area contributed by atoms with Crippen molar-refractivity contribution in [2.75, 3.05) is 0 Å². The van der Waals surface area contributed by atoms with E-state index in [2.05, 4.69) is 38.1 Å². The van der Waals surface area contributed by atoms with Crippen LogP contribution in [0.25, 0.3) is 16.2 Å². The number of imidazole rings is 1. The number of benzene rings is 1. The first kappa shape index (κ1) is 9.99. The Balaban J connectivity index is 2.21. The van der Waals surface area contributed by atoms with Crippen molar-refractivity contribution < 1.29 is 0 Å². The Bertz CT molecular complexity index is 639. The molecule has 1 aromatic carbocycles. The molecule has 3 rings (SSSR count). The lowest BCUT2D eigenvalue weighted by Gasteiger charge is -1.98. The van der Waals surface area contributed by atoms with E-state index in [1.165, 1.54) is 0 Å². The number of rotatable bonds is 1. The molecule has 16 heavy (non-hydrogen) atoms. The molecule has 2 heterocycles. The summed E-state index contributed by atoms with van der Waals surface area (Å²) in [7, 11) is 0. The quantitative estimate of drug-likeness (QED) is 0.687. The number of hydrogen-bond donors (Lipinski definition) is 0. The largest absolute Gasteiger partial charge is 0.217 e. The first-order chi connectivity index (χ1) is 7.75. The molecule has 3 nitrogen and oxygen atoms in total. The van der Waals surface area contributed by atoms with Gasteiger partial charge < -0.3 is 0 Å². The van der Waals surface area contributed by atoms with Crippen LogP contribution in [0.4, 0.5) is 0 Å². The zero-order chi connectivity index (χ0) is 11.1. The van der Waals surface area contributed by atoms with E-state index in [0.29, 0.717) is 0 Å². The minimum absolute atomic E-state index is 0.940. The fourth-order valence-corrected chi connectivity index (χ4v) is 2.61. The SMILES string of the molecule is Cc1c(-c2ccc(Br)cc2)nc2scnn12. The zero-order valence-corrected chi connectivity index (χ0v) is 10.9. The van der Waals surface area contributed by atoms with Crippen LogP contribution in [-0.2, 0) is 0 Å². The van der Waals surface area contributed by atoms with Crippen molar-refractivity contribution >= 4 is 32.2 Å². The van der Waals surface area contributed by atoms with Crippen LogP contribution < -0.4 is 0 Å². The molecule has 0 saturated carbocycles. The molecule has 0 atom stereocenters. The standard InChI is InChI=1S/C11H8BrN3S/c1-7-10(8-2-4-9(12)5-3-8)14-11-15(7)13-6-16-11/h2-6H,1H3. The predicted octanol–water partition coefficient (Wildman–Crippen LogP) is 3.53. The normalized spacial score (nSPS) is 11.1. The van der Waals surface area contributed by atoms with Crippen LogP contribution in [0.5, 0.6) is 0 Å². The number of fused-ring (bicyclic) bond motifs is 1. The molecule has 2 aromatic heterocycles. The second-order valence-electron chi connectivity index (χ2n) is 3.49. The predicted molar refractivity (Wildman–Crippen MR) is 68.7 cm³/mol. The van der Waals surface area contributed by atoms with Crippen LogP contribution >= 0.6 is 27.3 Å². The monoisotopic (exact) mass is 293 g/mol. The van der Waals surface area contributed by atoms with Gasteiger partial charge in [-0.2, -0.15) is 5.10 Å². The number of aryl methyl sites for hydroxylation is 1. The highest BCUT2D eigenvalue weighted by atomic mass is 79.9. The number of hydrogen-bond acceptors (Lipinski definition) is 3. The topological polar surface area (TPSA) is 30.2 Å². The Morgan fingerprint density at radius 3 is 2.69 bits per heavy atom. The summed E-state index contributed by atoms with van der Waals surface area (Å²) < 4.78 is 2.95. The maximum Gasteiger partial charge on any atom is 0.212 e. The molecule has 5 heteroatoms. The van der Waals surface area contributed by atoms with Gasteiger partial charge in [-0.05, 0) is 19.1 Å². The summed E-state index contributed by atoms with van der Waals surface area (Å²) in [6, 6.07) is 8.17. The van der Waals surface area contributed by atoms with Crippen molar-refractivity contribution in [3.63, 3.8) is 0 Å². The second kappa shape index (κ2) is 3.68. The van der Waals surface area contributed by atoms with Crippen LogP contribution in [0, 0.1) is 6.92 Å². The fourth-order valence-electron chi connectivity index (χ4n) is 1.68. The van der Waals surface area contributed by atoms with E-state index in [1.807, 2.05) is 23.6 Å². The first-order valence-corrected chi connectivity index (χ1v) is 6.48. The van der Waals surface area contributed by atoms with Gasteiger partial charge in [-0.3, -0.25) is 0 Å². The third-order valence-corrected chi connectivity index (χ3v) is 3.69. The molecule has 0 unspecified atom stereocenters. The lowest BCUT2D eigenvalue weighted by atomic mass is 10.1. The average molecular weight is 294 g/mol. The molecule has 3 aromatic rings. The maximum atomic E-state index is 4.58. The molecule has 0 radical (unpaired) electrons. The molecule has 0 aliphatic heterocycles. The lowest BCUT2D eigenvalue weighted by Crippen LogP contribution is -1.87. The maximum absolute atomic E-state index is 4.58. The van der Waals surface area contributed by atoms with Crippen LogP contribution in [0.2, 0.25) is 0 Å². The van der Waals surface area contributed by atoms with Gasteiger partial charge in [-0.15, -0.1) is 0 Å². The summed E-state index contributed by atoms with van der Waals surface area (Å²) in [5, 5.41) is 4.25. The van der Waals surface area contributed by atoms with Gasteiger partial charge in [-0.1, -0.05) is 39.4 Å². The van der Waals surface area contributed by atoms with E-state index in [4.69, 9.17) is 0 Å². The van der Waals surface area contributed by atoms with Gasteiger partial charge in [0.1, 0.15) is 5.51 Å². The number of aromatic nitrogens is 3. The van der Waals surface area contributed by atoms with Gasteiger partial charge in [0.05, 0.1) is 11.4 Å². The highest BCUT2D eigenvalue weighted by Crippen LogP contribution is 2.25. The van der Waals surface area contributed by atoms with Gasteiger partial charge in [-0.25, -0.2) is 9.50 Å². The molecule has 80 valence electrons. The van der Waals surface area contributed by atoms with E-state index >= 15 is 0 Å². The van der Waals surface area contributed by atoms with Crippen LogP contribution in [-0.4, -0.2) is 14.6 Å². The van der Waals surface area contributed by atoms with Gasteiger partial charge in [0.25, 0.3) is 0 Å². The Morgan fingerprint density at radius 2 is 2.00 bits per heavy atom. The Morgan fingerprint density at radius 1 is 1.25 bits per heavy atom. The van der Waals surface area contributed by atoms with Gasteiger partial charge in [0, 0.05) is 10.0 Å². The van der Waals surface area contributed by atoms with E-state index in [-0.39, 0.29) is 0 Å². The molecule has 0 saturated heterocycles. The molecular weight excluding hydrogens is 286 g/mol. The number of nitrogens with zero attached hydrogens (tertiary/aromatic N) is 3. The molecule has 0 aliphatic rings. The van der Waals surface area contributed by atoms with Crippen LogP contribution in [0.15, 0.2) is 34.2 Å². The molecule has 0 amide bonds. The summed E-state index contributed by atoms with van der Waals surface area (Å²) in [5.41, 5.74) is 5.02. The summed E-state index contributed by atoms with van der Waals surface area (Å²) >= 11 is 4.98. The highest BCUT2D eigenvalue weighted by Gasteiger charge is 2.11. The molecular formula is C11H8BrN3S. The van der Waals surface area contributed by atoms with E-state index in [1.54, 1.807) is 16.8 Å². The van der Waals surface area contributed by atoms with Crippen molar-refractivity contribution in [2.45, 2.75) is 6.92 Å². The van der Waals surface area contributed by atoms with Crippen molar-refractivity contribution in [3.8, 4) is 11.3 Å². The van der Waals surface area contributed by atoms with Crippen LogP contribution in [0.3, 0.4) is 0 Å². The summed E-state index contributed by atoms with van der Waals surface area (Å²) in [6.45, 7) is 2.04. The van der Waals surface area contributed by atoms with Crippen molar-refractivity contribution in [2.24, 2.45) is 0 Å². The third kappa shape index (κ3) is 1.47. The molecule has 0 fully saturated rings. The van der Waals surface area contributed by atoms with Gasteiger partial charge in [0.15, 0.2) is 0 Å². The molecule has 0 aliphatic carbocycles. The van der Waals surface area contributed by atoms with E-state index in [9.17, 15) is 0 Å². The highest BCUT2D eigenvalue weighted by molar-refractivity contribution is 9.10. The smallest absolute Gasteiger partial charge is 0.212 e. The van der Waals surface area contributed by atoms with E-state index in [0.717, 1.165) is 26.4 Å². The van der Waals surface area contributed by atoms with E-state index < -0.39 is 0 Å². The molecule has 0 spiro atoms. The van der Waals surface area contributed by atoms with Crippen molar-refractivity contribution in [3.05, 3.63) is 39.9 Å². The van der Waals surface area contributed by atoms with Crippen LogP contribution in [0.1, 0.15) is 5.69 Å². The lowest BCUT2D eigenvalue weighted by molar-refractivity contribution is 0.932.